The molecular formula is C15H22N4O. The van der Waals surface area contributed by atoms with Gasteiger partial charge >= 0.3 is 6.01 Å². The van der Waals surface area contributed by atoms with Gasteiger partial charge in [-0.2, -0.15) is 0 Å². The lowest BCUT2D eigenvalue weighted by Gasteiger charge is -2.18. The topological polar surface area (TPSA) is 45.4 Å². The summed E-state index contributed by atoms with van der Waals surface area (Å²) in [5, 5.41) is 8.07. The van der Waals surface area contributed by atoms with Gasteiger partial charge in [-0.15, -0.1) is 5.10 Å². The maximum absolute atomic E-state index is 5.58. The molecule has 0 aliphatic rings. The molecule has 0 saturated heterocycles. The predicted octanol–water partition coefficient (Wildman–Crippen LogP) is 2.33. The van der Waals surface area contributed by atoms with Crippen LogP contribution in [0.1, 0.15) is 23.9 Å². The van der Waals surface area contributed by atoms with Gasteiger partial charge in [0, 0.05) is 26.6 Å². The number of aryl methyl sites for hydroxylation is 1. The molecule has 108 valence electrons. The standard InChI is InChI=1S/C15H22N4O/c1-5-14-16-17-15(20-14)19(4)11-13-9-7-6-8-12(13)10-18(2)3/h6-9H,5,10-11H2,1-4H3. The van der Waals surface area contributed by atoms with Crippen LogP contribution in [0.2, 0.25) is 0 Å². The number of hydrogen-bond donors (Lipinski definition) is 0. The van der Waals surface area contributed by atoms with Crippen molar-refractivity contribution in [3.63, 3.8) is 0 Å². The van der Waals surface area contributed by atoms with Crippen molar-refractivity contribution >= 4 is 6.01 Å². The highest BCUT2D eigenvalue weighted by Gasteiger charge is 2.12. The molecule has 5 heteroatoms. The molecule has 0 aliphatic carbocycles. The number of anilines is 1. The van der Waals surface area contributed by atoms with E-state index in [9.17, 15) is 0 Å². The fraction of sp³-hybridized carbons (Fsp3) is 0.467. The lowest BCUT2D eigenvalue weighted by atomic mass is 10.1. The summed E-state index contributed by atoms with van der Waals surface area (Å²) in [5.74, 6) is 0.674. The van der Waals surface area contributed by atoms with E-state index in [0.717, 1.165) is 19.5 Å². The summed E-state index contributed by atoms with van der Waals surface area (Å²) < 4.78 is 5.58. The monoisotopic (exact) mass is 274 g/mol. The molecule has 0 bridgehead atoms. The zero-order chi connectivity index (χ0) is 14.5. The average Bonchev–Trinajstić information content (AvgIpc) is 2.89. The van der Waals surface area contributed by atoms with Crippen molar-refractivity contribution in [2.24, 2.45) is 0 Å². The Morgan fingerprint density at radius 1 is 1.00 bits per heavy atom. The second-order valence-electron chi connectivity index (χ2n) is 5.19. The van der Waals surface area contributed by atoms with E-state index < -0.39 is 0 Å². The molecule has 2 aromatic rings. The lowest BCUT2D eigenvalue weighted by molar-refractivity contribution is 0.400. The summed E-state index contributed by atoms with van der Waals surface area (Å²) in [6, 6.07) is 9.01. The Balaban J connectivity index is 2.12. The molecule has 0 fully saturated rings. The first-order valence-electron chi connectivity index (χ1n) is 6.85. The van der Waals surface area contributed by atoms with E-state index in [0.29, 0.717) is 11.9 Å². The Morgan fingerprint density at radius 3 is 2.20 bits per heavy atom. The fourth-order valence-corrected chi connectivity index (χ4v) is 2.07. The van der Waals surface area contributed by atoms with Crippen LogP contribution in [0.3, 0.4) is 0 Å². The third kappa shape index (κ3) is 3.57. The average molecular weight is 274 g/mol. The Morgan fingerprint density at radius 2 is 1.65 bits per heavy atom. The molecular weight excluding hydrogens is 252 g/mol. The molecule has 0 aliphatic heterocycles. The molecule has 0 radical (unpaired) electrons. The predicted molar refractivity (Wildman–Crippen MR) is 79.6 cm³/mol. The van der Waals surface area contributed by atoms with Crippen LogP contribution in [0.5, 0.6) is 0 Å². The van der Waals surface area contributed by atoms with E-state index >= 15 is 0 Å². The van der Waals surface area contributed by atoms with E-state index in [1.165, 1.54) is 11.1 Å². The largest absolute Gasteiger partial charge is 0.408 e. The summed E-state index contributed by atoms with van der Waals surface area (Å²) in [4.78, 5) is 4.15. The Hall–Kier alpha value is -1.88. The van der Waals surface area contributed by atoms with Gasteiger partial charge in [-0.1, -0.05) is 36.3 Å². The summed E-state index contributed by atoms with van der Waals surface area (Å²) in [5.41, 5.74) is 2.60. The van der Waals surface area contributed by atoms with Gasteiger partial charge < -0.3 is 14.2 Å². The van der Waals surface area contributed by atoms with Crippen molar-refractivity contribution in [2.75, 3.05) is 26.0 Å². The Labute approximate surface area is 120 Å². The van der Waals surface area contributed by atoms with E-state index in [1.54, 1.807) is 0 Å². The minimum absolute atomic E-state index is 0.571. The zero-order valence-electron chi connectivity index (χ0n) is 12.6. The van der Waals surface area contributed by atoms with Crippen LogP contribution in [-0.4, -0.2) is 36.2 Å². The maximum Gasteiger partial charge on any atom is 0.318 e. The van der Waals surface area contributed by atoms with Crippen LogP contribution in [-0.2, 0) is 19.5 Å². The molecule has 0 atom stereocenters. The molecule has 0 spiro atoms. The normalized spacial score (nSPS) is 11.1. The zero-order valence-corrected chi connectivity index (χ0v) is 12.6. The highest BCUT2D eigenvalue weighted by atomic mass is 16.4. The molecule has 0 amide bonds. The first-order chi connectivity index (χ1) is 9.60. The van der Waals surface area contributed by atoms with Crippen molar-refractivity contribution in [3.8, 4) is 0 Å². The highest BCUT2D eigenvalue weighted by molar-refractivity contribution is 5.32. The molecule has 0 N–H and O–H groups in total. The van der Waals surface area contributed by atoms with Crippen molar-refractivity contribution in [2.45, 2.75) is 26.4 Å². The highest BCUT2D eigenvalue weighted by Crippen LogP contribution is 2.17. The van der Waals surface area contributed by atoms with Gasteiger partial charge in [-0.25, -0.2) is 0 Å². The van der Waals surface area contributed by atoms with Crippen LogP contribution in [0.25, 0.3) is 0 Å². The molecule has 1 aromatic heterocycles. The van der Waals surface area contributed by atoms with E-state index in [1.807, 2.05) is 18.9 Å². The van der Waals surface area contributed by atoms with Crippen LogP contribution in [0.4, 0.5) is 6.01 Å². The second kappa shape index (κ2) is 6.52. The number of hydrogen-bond acceptors (Lipinski definition) is 5. The molecule has 2 rings (SSSR count). The minimum atomic E-state index is 0.571. The van der Waals surface area contributed by atoms with Crippen molar-refractivity contribution in [3.05, 3.63) is 41.3 Å². The first-order valence-corrected chi connectivity index (χ1v) is 6.85. The quantitative estimate of drug-likeness (QED) is 0.809. The second-order valence-corrected chi connectivity index (χ2v) is 5.19. The smallest absolute Gasteiger partial charge is 0.318 e. The van der Waals surface area contributed by atoms with Gasteiger partial charge in [0.1, 0.15) is 0 Å². The Bertz CT molecular complexity index is 550. The summed E-state index contributed by atoms with van der Waals surface area (Å²) >= 11 is 0. The van der Waals surface area contributed by atoms with Gasteiger partial charge in [-0.05, 0) is 25.2 Å². The van der Waals surface area contributed by atoms with E-state index in [2.05, 4.69) is 53.5 Å². The SMILES string of the molecule is CCc1nnc(N(C)Cc2ccccc2CN(C)C)o1. The number of rotatable bonds is 6. The fourth-order valence-electron chi connectivity index (χ4n) is 2.07. The van der Waals surface area contributed by atoms with Crippen LogP contribution < -0.4 is 4.90 Å². The molecule has 5 nitrogen and oxygen atoms in total. The van der Waals surface area contributed by atoms with E-state index in [-0.39, 0.29) is 0 Å². The third-order valence-corrected chi connectivity index (χ3v) is 3.10. The van der Waals surface area contributed by atoms with Gasteiger partial charge in [0.15, 0.2) is 0 Å². The van der Waals surface area contributed by atoms with Crippen molar-refractivity contribution in [1.82, 2.24) is 15.1 Å². The maximum atomic E-state index is 5.58. The summed E-state index contributed by atoms with van der Waals surface area (Å²) in [6.07, 6.45) is 0.762. The molecule has 1 heterocycles. The Kier molecular flexibility index (Phi) is 4.74. The summed E-state index contributed by atoms with van der Waals surface area (Å²) in [7, 11) is 6.12. The third-order valence-electron chi connectivity index (χ3n) is 3.10. The molecule has 0 unspecified atom stereocenters. The minimum Gasteiger partial charge on any atom is -0.408 e. The number of benzene rings is 1. The van der Waals surface area contributed by atoms with E-state index in [4.69, 9.17) is 4.42 Å². The molecule has 20 heavy (non-hydrogen) atoms. The van der Waals surface area contributed by atoms with Crippen molar-refractivity contribution < 1.29 is 4.42 Å². The summed E-state index contributed by atoms with van der Waals surface area (Å²) in [6.45, 7) is 3.69. The number of aromatic nitrogens is 2. The molecule has 1 aromatic carbocycles. The first kappa shape index (κ1) is 14.5. The molecule has 0 saturated carbocycles. The number of nitrogens with zero attached hydrogens (tertiary/aromatic N) is 4. The van der Waals surface area contributed by atoms with Crippen LogP contribution in [0.15, 0.2) is 28.7 Å². The van der Waals surface area contributed by atoms with Crippen LogP contribution >= 0.6 is 0 Å². The van der Waals surface area contributed by atoms with Gasteiger partial charge in [0.05, 0.1) is 0 Å². The van der Waals surface area contributed by atoms with Crippen LogP contribution in [0, 0.1) is 0 Å². The van der Waals surface area contributed by atoms with Crippen molar-refractivity contribution in [1.29, 1.82) is 0 Å². The van der Waals surface area contributed by atoms with Gasteiger partial charge in [-0.3, -0.25) is 0 Å². The lowest BCUT2D eigenvalue weighted by Crippen LogP contribution is -2.19. The van der Waals surface area contributed by atoms with Gasteiger partial charge in [0.25, 0.3) is 0 Å². The van der Waals surface area contributed by atoms with Gasteiger partial charge in [0.2, 0.25) is 5.89 Å².